The lowest BCUT2D eigenvalue weighted by molar-refractivity contribution is -0.256. The SMILES string of the molecule is CC(=O)N[C@@H]1[C@H](OC(C)=O)OC(COC(C)=O)[C@@H](F)[C@@H]1OC(C)=O. The maximum absolute atomic E-state index is 14.6. The molecule has 1 rings (SSSR count). The Balaban J connectivity index is 3.07. The Morgan fingerprint density at radius 3 is 2.04 bits per heavy atom. The Morgan fingerprint density at radius 2 is 1.58 bits per heavy atom. The Bertz CT molecular complexity index is 511. The summed E-state index contributed by atoms with van der Waals surface area (Å²) in [6, 6.07) is -1.25. The van der Waals surface area contributed by atoms with Gasteiger partial charge in [0.2, 0.25) is 12.2 Å². The number of carbonyl (C=O) groups is 4. The highest BCUT2D eigenvalue weighted by Gasteiger charge is 2.50. The Hall–Kier alpha value is -2.23. The number of hydrogen-bond acceptors (Lipinski definition) is 8. The average Bonchev–Trinajstić information content (AvgIpc) is 2.42. The van der Waals surface area contributed by atoms with Crippen molar-refractivity contribution >= 4 is 23.8 Å². The minimum atomic E-state index is -1.92. The van der Waals surface area contributed by atoms with E-state index in [0.29, 0.717) is 0 Å². The van der Waals surface area contributed by atoms with Crippen LogP contribution in [-0.4, -0.2) is 61.1 Å². The number of alkyl halides is 1. The lowest BCUT2D eigenvalue weighted by Gasteiger charge is -2.42. The Kier molecular flexibility index (Phi) is 7.08. The summed E-state index contributed by atoms with van der Waals surface area (Å²) in [5.41, 5.74) is 0. The van der Waals surface area contributed by atoms with Crippen molar-refractivity contribution in [3.63, 3.8) is 0 Å². The fourth-order valence-corrected chi connectivity index (χ4v) is 2.21. The molecule has 0 aromatic carbocycles. The van der Waals surface area contributed by atoms with Gasteiger partial charge in [-0.25, -0.2) is 4.39 Å². The first-order valence-electron chi connectivity index (χ1n) is 7.16. The third-order valence-corrected chi connectivity index (χ3v) is 3.03. The van der Waals surface area contributed by atoms with Gasteiger partial charge in [0.05, 0.1) is 0 Å². The molecule has 10 heteroatoms. The normalized spacial score (nSPS) is 29.3. The van der Waals surface area contributed by atoms with Crippen molar-refractivity contribution in [2.45, 2.75) is 58.4 Å². The van der Waals surface area contributed by atoms with Crippen LogP contribution in [0.1, 0.15) is 27.7 Å². The van der Waals surface area contributed by atoms with Crippen LogP contribution in [-0.2, 0) is 38.1 Å². The molecular formula is C14H20FNO8. The van der Waals surface area contributed by atoms with Crippen LogP contribution in [0.4, 0.5) is 4.39 Å². The summed E-state index contributed by atoms with van der Waals surface area (Å²) < 4.78 is 34.5. The molecular weight excluding hydrogens is 329 g/mol. The Labute approximate surface area is 137 Å². The van der Waals surface area contributed by atoms with Crippen molar-refractivity contribution in [3.05, 3.63) is 0 Å². The van der Waals surface area contributed by atoms with E-state index in [9.17, 15) is 23.6 Å². The lowest BCUT2D eigenvalue weighted by Crippen LogP contribution is -2.64. The van der Waals surface area contributed by atoms with Crippen LogP contribution in [0.3, 0.4) is 0 Å². The largest absolute Gasteiger partial charge is 0.463 e. The topological polar surface area (TPSA) is 117 Å². The molecule has 0 aliphatic carbocycles. The average molecular weight is 349 g/mol. The molecule has 1 fully saturated rings. The van der Waals surface area contributed by atoms with Crippen molar-refractivity contribution in [1.29, 1.82) is 0 Å². The molecule has 0 aromatic heterocycles. The van der Waals surface area contributed by atoms with Gasteiger partial charge in [-0.1, -0.05) is 0 Å². The minimum Gasteiger partial charge on any atom is -0.463 e. The molecule has 1 aliphatic heterocycles. The summed E-state index contributed by atoms with van der Waals surface area (Å²) in [5, 5.41) is 2.34. The van der Waals surface area contributed by atoms with E-state index in [1.165, 1.54) is 0 Å². The van der Waals surface area contributed by atoms with Crippen LogP contribution < -0.4 is 5.32 Å². The number of nitrogens with one attached hydrogen (secondary N) is 1. The highest BCUT2D eigenvalue weighted by atomic mass is 19.1. The molecule has 1 N–H and O–H groups in total. The van der Waals surface area contributed by atoms with Crippen LogP contribution >= 0.6 is 0 Å². The van der Waals surface area contributed by atoms with Gasteiger partial charge >= 0.3 is 17.9 Å². The predicted molar refractivity (Wildman–Crippen MR) is 75.1 cm³/mol. The molecule has 0 spiro atoms. The number of carbonyl (C=O) groups excluding carboxylic acids is 4. The van der Waals surface area contributed by atoms with Gasteiger partial charge in [0.1, 0.15) is 18.8 Å². The molecule has 0 aromatic rings. The van der Waals surface area contributed by atoms with Crippen LogP contribution in [0.5, 0.6) is 0 Å². The summed E-state index contributed by atoms with van der Waals surface area (Å²) in [7, 11) is 0. The molecule has 0 bridgehead atoms. The summed E-state index contributed by atoms with van der Waals surface area (Å²) in [6.45, 7) is 3.97. The van der Waals surface area contributed by atoms with Gasteiger partial charge in [-0.2, -0.15) is 0 Å². The first-order chi connectivity index (χ1) is 11.1. The summed E-state index contributed by atoms with van der Waals surface area (Å²) >= 11 is 0. The summed E-state index contributed by atoms with van der Waals surface area (Å²) in [6.07, 6.45) is -6.15. The monoisotopic (exact) mass is 349 g/mol. The van der Waals surface area contributed by atoms with E-state index >= 15 is 0 Å². The molecule has 136 valence electrons. The third-order valence-electron chi connectivity index (χ3n) is 3.03. The van der Waals surface area contributed by atoms with Gasteiger partial charge in [0.15, 0.2) is 12.3 Å². The molecule has 1 unspecified atom stereocenters. The summed E-state index contributed by atoms with van der Waals surface area (Å²) in [4.78, 5) is 44.7. The molecule has 24 heavy (non-hydrogen) atoms. The van der Waals surface area contributed by atoms with E-state index in [1.807, 2.05) is 0 Å². The second kappa shape index (κ2) is 8.57. The number of amides is 1. The standard InChI is InChI=1S/C14H20FNO8/c1-6(17)16-12-13(22-8(3)19)11(15)10(5-21-7(2)18)24-14(12)23-9(4)20/h10-14H,5H2,1-4H3,(H,16,17)/t10?,11-,12+,13+,14-/m1/s1. The molecule has 0 radical (unpaired) electrons. The van der Waals surface area contributed by atoms with E-state index in [-0.39, 0.29) is 0 Å². The van der Waals surface area contributed by atoms with Gasteiger partial charge in [0, 0.05) is 27.7 Å². The van der Waals surface area contributed by atoms with Crippen LogP contribution in [0.15, 0.2) is 0 Å². The zero-order chi connectivity index (χ0) is 18.4. The first kappa shape index (κ1) is 19.8. The molecule has 5 atom stereocenters. The van der Waals surface area contributed by atoms with Crippen molar-refractivity contribution in [3.8, 4) is 0 Å². The van der Waals surface area contributed by atoms with E-state index in [0.717, 1.165) is 27.7 Å². The number of ether oxygens (including phenoxy) is 4. The third kappa shape index (κ3) is 5.76. The molecule has 9 nitrogen and oxygen atoms in total. The number of hydrogen-bond donors (Lipinski definition) is 1. The second-order valence-corrected chi connectivity index (χ2v) is 5.20. The summed E-state index contributed by atoms with van der Waals surface area (Å²) in [5.74, 6) is -2.78. The van der Waals surface area contributed by atoms with Gasteiger partial charge in [0.25, 0.3) is 0 Å². The van der Waals surface area contributed by atoms with Crippen molar-refractivity contribution in [2.24, 2.45) is 0 Å². The fourth-order valence-electron chi connectivity index (χ4n) is 2.21. The number of rotatable bonds is 5. The van der Waals surface area contributed by atoms with Crippen LogP contribution in [0.25, 0.3) is 0 Å². The molecule has 1 saturated heterocycles. The molecule has 1 aliphatic rings. The van der Waals surface area contributed by atoms with Crippen molar-refractivity contribution in [2.75, 3.05) is 6.61 Å². The lowest BCUT2D eigenvalue weighted by atomic mass is 9.97. The van der Waals surface area contributed by atoms with Gasteiger partial charge < -0.3 is 24.3 Å². The van der Waals surface area contributed by atoms with Crippen LogP contribution in [0, 0.1) is 0 Å². The van der Waals surface area contributed by atoms with E-state index in [4.69, 9.17) is 18.9 Å². The van der Waals surface area contributed by atoms with E-state index < -0.39 is 61.1 Å². The van der Waals surface area contributed by atoms with Crippen molar-refractivity contribution in [1.82, 2.24) is 5.32 Å². The molecule has 1 amide bonds. The second-order valence-electron chi connectivity index (χ2n) is 5.20. The smallest absolute Gasteiger partial charge is 0.305 e. The highest BCUT2D eigenvalue weighted by Crippen LogP contribution is 2.27. The van der Waals surface area contributed by atoms with Crippen LogP contribution in [0.2, 0.25) is 0 Å². The number of esters is 3. The molecule has 1 heterocycles. The minimum absolute atomic E-state index is 0.473. The van der Waals surface area contributed by atoms with Gasteiger partial charge in [-0.05, 0) is 0 Å². The Morgan fingerprint density at radius 1 is 1.00 bits per heavy atom. The van der Waals surface area contributed by atoms with E-state index in [1.54, 1.807) is 0 Å². The quantitative estimate of drug-likeness (QED) is 0.527. The predicted octanol–water partition coefficient (Wildman–Crippen LogP) is -0.388. The van der Waals surface area contributed by atoms with E-state index in [2.05, 4.69) is 5.32 Å². The first-order valence-corrected chi connectivity index (χ1v) is 7.16. The van der Waals surface area contributed by atoms with Crippen molar-refractivity contribution < 1.29 is 42.5 Å². The maximum Gasteiger partial charge on any atom is 0.305 e. The maximum atomic E-state index is 14.6. The zero-order valence-corrected chi connectivity index (χ0v) is 13.7. The highest BCUT2D eigenvalue weighted by molar-refractivity contribution is 5.74. The number of halogens is 1. The van der Waals surface area contributed by atoms with Gasteiger partial charge in [-0.15, -0.1) is 0 Å². The molecule has 0 saturated carbocycles. The van der Waals surface area contributed by atoms with Gasteiger partial charge in [-0.3, -0.25) is 19.2 Å². The zero-order valence-electron chi connectivity index (χ0n) is 13.7. The fraction of sp³-hybridized carbons (Fsp3) is 0.714.